The summed E-state index contributed by atoms with van der Waals surface area (Å²) in [6, 6.07) is 5.62. The molecule has 1 saturated heterocycles. The van der Waals surface area contributed by atoms with Gasteiger partial charge in [0.25, 0.3) is 0 Å². The minimum Gasteiger partial charge on any atom is -0.367 e. The summed E-state index contributed by atoms with van der Waals surface area (Å²) in [5.74, 6) is 0.984. The number of nitrogens with one attached hydrogen (secondary N) is 1. The van der Waals surface area contributed by atoms with Crippen LogP contribution in [0.5, 0.6) is 0 Å². The van der Waals surface area contributed by atoms with Gasteiger partial charge in [-0.15, -0.1) is 0 Å². The van der Waals surface area contributed by atoms with Crippen LogP contribution in [0, 0.1) is 6.92 Å². The van der Waals surface area contributed by atoms with Crippen LogP contribution in [0.3, 0.4) is 0 Å². The normalized spacial score (nSPS) is 20.4. The number of nitrogens with two attached hydrogens (primary N) is 1. The lowest BCUT2D eigenvalue weighted by atomic mass is 10.2. The van der Waals surface area contributed by atoms with E-state index in [9.17, 15) is 4.79 Å². The van der Waals surface area contributed by atoms with Crippen LogP contribution in [0.2, 0.25) is 0 Å². The first-order valence-electron chi connectivity index (χ1n) is 7.56. The molecule has 3 rings (SSSR count). The smallest absolute Gasteiger partial charge is 0.246 e. The third-order valence-corrected chi connectivity index (χ3v) is 3.73. The summed E-state index contributed by atoms with van der Waals surface area (Å²) in [6.45, 7) is 2.50. The molecule has 7 heteroatoms. The van der Waals surface area contributed by atoms with Crippen LogP contribution in [0.1, 0.15) is 18.5 Å². The number of ether oxygens (including phenoxy) is 1. The van der Waals surface area contributed by atoms with Crippen molar-refractivity contribution in [1.29, 1.82) is 0 Å². The Labute approximate surface area is 134 Å². The van der Waals surface area contributed by atoms with Crippen molar-refractivity contribution in [3.8, 4) is 11.4 Å². The monoisotopic (exact) mass is 313 g/mol. The zero-order valence-corrected chi connectivity index (χ0v) is 12.9. The molecule has 2 aromatic heterocycles. The van der Waals surface area contributed by atoms with Crippen LogP contribution < -0.4 is 11.1 Å². The van der Waals surface area contributed by atoms with Gasteiger partial charge >= 0.3 is 0 Å². The first-order valence-corrected chi connectivity index (χ1v) is 7.56. The van der Waals surface area contributed by atoms with Crippen LogP contribution in [0.25, 0.3) is 11.4 Å². The van der Waals surface area contributed by atoms with Crippen LogP contribution in [0.4, 0.5) is 5.82 Å². The number of carbonyl (C=O) groups is 1. The molecule has 0 radical (unpaired) electrons. The van der Waals surface area contributed by atoms with E-state index in [1.165, 1.54) is 0 Å². The first kappa shape index (κ1) is 15.4. The van der Waals surface area contributed by atoms with Gasteiger partial charge in [-0.1, -0.05) is 0 Å². The van der Waals surface area contributed by atoms with Crippen molar-refractivity contribution in [3.05, 3.63) is 36.3 Å². The molecular weight excluding hydrogens is 294 g/mol. The largest absolute Gasteiger partial charge is 0.367 e. The molecule has 1 aliphatic rings. The number of nitrogens with zero attached hydrogens (tertiary/aromatic N) is 3. The Morgan fingerprint density at radius 3 is 2.83 bits per heavy atom. The number of primary amides is 1. The van der Waals surface area contributed by atoms with Gasteiger partial charge in [0.1, 0.15) is 11.9 Å². The van der Waals surface area contributed by atoms with Crippen LogP contribution in [-0.4, -0.2) is 39.6 Å². The fourth-order valence-corrected chi connectivity index (χ4v) is 2.57. The van der Waals surface area contributed by atoms with Gasteiger partial charge in [-0.2, -0.15) is 0 Å². The van der Waals surface area contributed by atoms with E-state index in [1.54, 1.807) is 12.4 Å². The molecular formula is C16H19N5O2. The topological polar surface area (TPSA) is 103 Å². The molecule has 0 aliphatic carbocycles. The van der Waals surface area contributed by atoms with Gasteiger partial charge < -0.3 is 15.8 Å². The maximum atomic E-state index is 11.1. The Morgan fingerprint density at radius 1 is 1.35 bits per heavy atom. The molecule has 23 heavy (non-hydrogen) atoms. The van der Waals surface area contributed by atoms with Crippen molar-refractivity contribution >= 4 is 11.7 Å². The van der Waals surface area contributed by atoms with E-state index in [1.807, 2.05) is 25.1 Å². The number of anilines is 1. The van der Waals surface area contributed by atoms with Crippen LogP contribution in [-0.2, 0) is 9.53 Å². The van der Waals surface area contributed by atoms with Crippen molar-refractivity contribution < 1.29 is 9.53 Å². The van der Waals surface area contributed by atoms with Crippen molar-refractivity contribution in [2.45, 2.75) is 32.0 Å². The highest BCUT2D eigenvalue weighted by Gasteiger charge is 2.28. The van der Waals surface area contributed by atoms with Crippen molar-refractivity contribution in [2.24, 2.45) is 5.73 Å². The Bertz CT molecular complexity index is 692. The van der Waals surface area contributed by atoms with E-state index in [4.69, 9.17) is 10.5 Å². The Balaban J connectivity index is 1.67. The number of rotatable bonds is 5. The highest BCUT2D eigenvalue weighted by molar-refractivity contribution is 5.79. The highest BCUT2D eigenvalue weighted by Crippen LogP contribution is 2.21. The van der Waals surface area contributed by atoms with Gasteiger partial charge in [0.05, 0.1) is 6.10 Å². The number of aromatic nitrogens is 3. The van der Waals surface area contributed by atoms with Crippen LogP contribution in [0.15, 0.2) is 30.6 Å². The summed E-state index contributed by atoms with van der Waals surface area (Å²) >= 11 is 0. The number of pyridine rings is 1. The zero-order chi connectivity index (χ0) is 16.2. The van der Waals surface area contributed by atoms with E-state index in [0.717, 1.165) is 23.5 Å². The highest BCUT2D eigenvalue weighted by atomic mass is 16.5. The first-order chi connectivity index (χ1) is 11.1. The average Bonchev–Trinajstić information content (AvgIpc) is 3.03. The second-order valence-electron chi connectivity index (χ2n) is 5.56. The molecule has 3 N–H and O–H groups in total. The molecule has 0 aromatic carbocycles. The summed E-state index contributed by atoms with van der Waals surface area (Å²) in [5, 5.41) is 3.25. The number of amides is 1. The number of carbonyl (C=O) groups excluding carboxylic acids is 1. The number of hydrogen-bond donors (Lipinski definition) is 2. The molecule has 2 atom stereocenters. The maximum absolute atomic E-state index is 11.1. The molecule has 120 valence electrons. The minimum atomic E-state index is -0.471. The zero-order valence-electron chi connectivity index (χ0n) is 12.9. The van der Waals surface area contributed by atoms with E-state index in [0.29, 0.717) is 18.8 Å². The van der Waals surface area contributed by atoms with Crippen molar-refractivity contribution in [3.63, 3.8) is 0 Å². The quantitative estimate of drug-likeness (QED) is 0.862. The van der Waals surface area contributed by atoms with E-state index in [2.05, 4.69) is 20.3 Å². The molecule has 1 amide bonds. The summed E-state index contributed by atoms with van der Waals surface area (Å²) in [6.07, 6.45) is 4.40. The van der Waals surface area contributed by atoms with E-state index in [-0.39, 0.29) is 6.10 Å². The summed E-state index contributed by atoms with van der Waals surface area (Å²) in [5.41, 5.74) is 7.05. The van der Waals surface area contributed by atoms with Gasteiger partial charge in [0.15, 0.2) is 5.82 Å². The second kappa shape index (κ2) is 6.70. The van der Waals surface area contributed by atoms with Crippen molar-refractivity contribution in [2.75, 3.05) is 11.9 Å². The van der Waals surface area contributed by atoms with Gasteiger partial charge in [0, 0.05) is 36.3 Å². The predicted molar refractivity (Wildman–Crippen MR) is 85.6 cm³/mol. The standard InChI is InChI=1S/C16H19N5O2/c1-10-8-14(19-9-12-2-3-13(23-12)15(17)22)21-16(20-10)11-4-6-18-7-5-11/h4-8,12-13H,2-3,9H2,1H3,(H2,17,22)(H,19,20,21). The van der Waals surface area contributed by atoms with E-state index < -0.39 is 12.0 Å². The Kier molecular flexibility index (Phi) is 4.47. The average molecular weight is 313 g/mol. The Morgan fingerprint density at radius 2 is 2.13 bits per heavy atom. The summed E-state index contributed by atoms with van der Waals surface area (Å²) in [4.78, 5) is 24.1. The SMILES string of the molecule is Cc1cc(NCC2CCC(C(N)=O)O2)nc(-c2ccncc2)n1. The predicted octanol–water partition coefficient (Wildman–Crippen LogP) is 1.29. The number of hydrogen-bond acceptors (Lipinski definition) is 6. The van der Waals surface area contributed by atoms with Gasteiger partial charge in [0.2, 0.25) is 5.91 Å². The van der Waals surface area contributed by atoms with Crippen molar-refractivity contribution in [1.82, 2.24) is 15.0 Å². The van der Waals surface area contributed by atoms with Crippen LogP contribution >= 0.6 is 0 Å². The summed E-state index contributed by atoms with van der Waals surface area (Å²) < 4.78 is 5.60. The molecule has 0 spiro atoms. The second-order valence-corrected chi connectivity index (χ2v) is 5.56. The maximum Gasteiger partial charge on any atom is 0.246 e. The molecule has 2 aromatic rings. The fraction of sp³-hybridized carbons (Fsp3) is 0.375. The fourth-order valence-electron chi connectivity index (χ4n) is 2.57. The van der Waals surface area contributed by atoms with Gasteiger partial charge in [-0.3, -0.25) is 9.78 Å². The third-order valence-electron chi connectivity index (χ3n) is 3.73. The molecule has 7 nitrogen and oxygen atoms in total. The Hall–Kier alpha value is -2.54. The lowest BCUT2D eigenvalue weighted by Gasteiger charge is -2.14. The lowest BCUT2D eigenvalue weighted by Crippen LogP contribution is -2.30. The lowest BCUT2D eigenvalue weighted by molar-refractivity contribution is -0.128. The van der Waals surface area contributed by atoms with Gasteiger partial charge in [-0.25, -0.2) is 9.97 Å². The molecule has 1 aliphatic heterocycles. The molecule has 1 fully saturated rings. The third kappa shape index (κ3) is 3.81. The minimum absolute atomic E-state index is 0.0350. The van der Waals surface area contributed by atoms with E-state index >= 15 is 0 Å². The van der Waals surface area contributed by atoms with Gasteiger partial charge in [-0.05, 0) is 31.9 Å². The molecule has 2 unspecified atom stereocenters. The summed E-state index contributed by atoms with van der Waals surface area (Å²) in [7, 11) is 0. The molecule has 3 heterocycles. The molecule has 0 saturated carbocycles. The molecule has 0 bridgehead atoms. The number of aryl methyl sites for hydroxylation is 1.